The third-order valence-corrected chi connectivity index (χ3v) is 6.72. The van der Waals surface area contributed by atoms with Gasteiger partial charge in [0.1, 0.15) is 0 Å². The quantitative estimate of drug-likeness (QED) is 0.522. The largest absolute Gasteiger partial charge is 0.493 e. The SMILES string of the molecule is CN=C(NCc1c(C)nn(C)c1C)NCC1(c2ccc(OC)c(OC)c2)CCCCC1. The van der Waals surface area contributed by atoms with E-state index in [-0.39, 0.29) is 5.41 Å². The summed E-state index contributed by atoms with van der Waals surface area (Å²) in [5.74, 6) is 2.37. The molecule has 7 nitrogen and oxygen atoms in total. The highest BCUT2D eigenvalue weighted by Gasteiger charge is 2.34. The maximum atomic E-state index is 5.58. The number of rotatable bonds is 7. The molecule has 1 aromatic heterocycles. The van der Waals surface area contributed by atoms with Crippen LogP contribution in [0.2, 0.25) is 0 Å². The fourth-order valence-electron chi connectivity index (χ4n) is 4.68. The molecule has 2 N–H and O–H groups in total. The summed E-state index contributed by atoms with van der Waals surface area (Å²) in [6, 6.07) is 6.35. The van der Waals surface area contributed by atoms with Gasteiger partial charge in [0.25, 0.3) is 0 Å². The standard InChI is InChI=1S/C24H37N5O2/c1-17-20(18(2)29(4)28-17)15-26-23(25-3)27-16-24(12-8-7-9-13-24)19-10-11-21(30-5)22(14-19)31-6/h10-11,14H,7-9,12-13,15-16H2,1-6H3,(H2,25,26,27). The molecule has 0 radical (unpaired) electrons. The van der Waals surface area contributed by atoms with Crippen molar-refractivity contribution in [3.8, 4) is 11.5 Å². The van der Waals surface area contributed by atoms with E-state index in [1.54, 1.807) is 14.2 Å². The van der Waals surface area contributed by atoms with Crippen molar-refractivity contribution < 1.29 is 9.47 Å². The van der Waals surface area contributed by atoms with Crippen molar-refractivity contribution in [2.45, 2.75) is 57.9 Å². The number of guanidine groups is 1. The summed E-state index contributed by atoms with van der Waals surface area (Å²) in [6.07, 6.45) is 6.05. The van der Waals surface area contributed by atoms with Crippen LogP contribution in [0.5, 0.6) is 11.5 Å². The first kappa shape index (κ1) is 23.0. The maximum Gasteiger partial charge on any atom is 0.191 e. The monoisotopic (exact) mass is 427 g/mol. The summed E-state index contributed by atoms with van der Waals surface area (Å²) >= 11 is 0. The second kappa shape index (κ2) is 10.1. The van der Waals surface area contributed by atoms with E-state index < -0.39 is 0 Å². The van der Waals surface area contributed by atoms with Gasteiger partial charge in [-0.25, -0.2) is 0 Å². The van der Waals surface area contributed by atoms with Gasteiger partial charge in [-0.05, 0) is 44.4 Å². The number of aryl methyl sites for hydroxylation is 2. The highest BCUT2D eigenvalue weighted by Crippen LogP contribution is 2.42. The number of methoxy groups -OCH3 is 2. The van der Waals surface area contributed by atoms with Crippen molar-refractivity contribution in [1.29, 1.82) is 0 Å². The van der Waals surface area contributed by atoms with Crippen LogP contribution in [-0.4, -0.2) is 43.6 Å². The van der Waals surface area contributed by atoms with Crippen LogP contribution in [0.15, 0.2) is 23.2 Å². The summed E-state index contributed by atoms with van der Waals surface area (Å²) in [5.41, 5.74) is 4.80. The van der Waals surface area contributed by atoms with Crippen LogP contribution in [0.1, 0.15) is 54.6 Å². The van der Waals surface area contributed by atoms with Gasteiger partial charge in [-0.3, -0.25) is 9.67 Å². The molecule has 0 saturated heterocycles. The van der Waals surface area contributed by atoms with Crippen molar-refractivity contribution >= 4 is 5.96 Å². The summed E-state index contributed by atoms with van der Waals surface area (Å²) in [4.78, 5) is 4.46. The van der Waals surface area contributed by atoms with Crippen molar-refractivity contribution in [1.82, 2.24) is 20.4 Å². The van der Waals surface area contributed by atoms with Crippen LogP contribution < -0.4 is 20.1 Å². The number of hydrogen-bond donors (Lipinski definition) is 2. The lowest BCUT2D eigenvalue weighted by atomic mass is 9.69. The fourth-order valence-corrected chi connectivity index (χ4v) is 4.68. The Balaban J connectivity index is 1.74. The molecule has 1 saturated carbocycles. The summed E-state index contributed by atoms with van der Waals surface area (Å²) in [5, 5.41) is 11.6. The zero-order chi connectivity index (χ0) is 22.4. The lowest BCUT2D eigenvalue weighted by Gasteiger charge is -2.38. The number of nitrogens with zero attached hydrogens (tertiary/aromatic N) is 3. The lowest BCUT2D eigenvalue weighted by molar-refractivity contribution is 0.288. The molecule has 170 valence electrons. The zero-order valence-corrected chi connectivity index (χ0v) is 19.8. The predicted octanol–water partition coefficient (Wildman–Crippen LogP) is 3.62. The number of aromatic nitrogens is 2. The molecule has 3 rings (SSSR count). The number of ether oxygens (including phenoxy) is 2. The highest BCUT2D eigenvalue weighted by molar-refractivity contribution is 5.79. The smallest absolute Gasteiger partial charge is 0.191 e. The molecule has 1 aliphatic rings. The molecule has 0 atom stereocenters. The number of aliphatic imine (C=N–C) groups is 1. The van der Waals surface area contributed by atoms with E-state index in [9.17, 15) is 0 Å². The number of nitrogens with one attached hydrogen (secondary N) is 2. The third kappa shape index (κ3) is 4.97. The van der Waals surface area contributed by atoms with Gasteiger partial charge in [0.05, 0.1) is 19.9 Å². The molecule has 0 spiro atoms. The van der Waals surface area contributed by atoms with Crippen LogP contribution in [0.25, 0.3) is 0 Å². The average Bonchev–Trinajstić information content (AvgIpc) is 3.04. The van der Waals surface area contributed by atoms with E-state index >= 15 is 0 Å². The van der Waals surface area contributed by atoms with Crippen molar-refractivity contribution in [2.75, 3.05) is 27.8 Å². The minimum atomic E-state index is 0.0511. The molecule has 1 heterocycles. The van der Waals surface area contributed by atoms with Gasteiger partial charge >= 0.3 is 0 Å². The Morgan fingerprint density at radius 3 is 2.39 bits per heavy atom. The van der Waals surface area contributed by atoms with E-state index in [1.165, 1.54) is 36.1 Å². The second-order valence-corrected chi connectivity index (χ2v) is 8.46. The van der Waals surface area contributed by atoms with E-state index in [1.807, 2.05) is 31.8 Å². The van der Waals surface area contributed by atoms with Gasteiger partial charge in [0.2, 0.25) is 0 Å². The summed E-state index contributed by atoms with van der Waals surface area (Å²) in [6.45, 7) is 5.68. The molecule has 2 aromatic rings. The number of benzene rings is 1. The Morgan fingerprint density at radius 2 is 1.81 bits per heavy atom. The van der Waals surface area contributed by atoms with Gasteiger partial charge in [-0.1, -0.05) is 25.3 Å². The first-order valence-corrected chi connectivity index (χ1v) is 11.1. The molecular formula is C24H37N5O2. The van der Waals surface area contributed by atoms with Gasteiger partial charge < -0.3 is 20.1 Å². The minimum Gasteiger partial charge on any atom is -0.493 e. The Labute approximate surface area is 186 Å². The Hall–Kier alpha value is -2.70. The highest BCUT2D eigenvalue weighted by atomic mass is 16.5. The van der Waals surface area contributed by atoms with Gasteiger partial charge in [-0.15, -0.1) is 0 Å². The first-order chi connectivity index (χ1) is 14.9. The van der Waals surface area contributed by atoms with Gasteiger partial charge in [0, 0.05) is 43.9 Å². The average molecular weight is 428 g/mol. The van der Waals surface area contributed by atoms with Crippen LogP contribution in [-0.2, 0) is 19.0 Å². The van der Waals surface area contributed by atoms with Crippen LogP contribution in [0.4, 0.5) is 0 Å². The van der Waals surface area contributed by atoms with E-state index in [2.05, 4.69) is 39.8 Å². The summed E-state index contributed by atoms with van der Waals surface area (Å²) < 4.78 is 13.0. The molecule has 0 amide bonds. The Morgan fingerprint density at radius 1 is 1.10 bits per heavy atom. The van der Waals surface area contributed by atoms with Gasteiger partial charge in [-0.2, -0.15) is 5.10 Å². The molecule has 1 aliphatic carbocycles. The Kier molecular flexibility index (Phi) is 7.46. The fraction of sp³-hybridized carbons (Fsp3) is 0.583. The second-order valence-electron chi connectivity index (χ2n) is 8.46. The van der Waals surface area contributed by atoms with Crippen LogP contribution >= 0.6 is 0 Å². The van der Waals surface area contributed by atoms with E-state index in [0.717, 1.165) is 42.5 Å². The first-order valence-electron chi connectivity index (χ1n) is 11.1. The molecule has 0 aliphatic heterocycles. The third-order valence-electron chi connectivity index (χ3n) is 6.72. The normalized spacial score (nSPS) is 16.1. The molecule has 1 aromatic carbocycles. The predicted molar refractivity (Wildman–Crippen MR) is 125 cm³/mol. The van der Waals surface area contributed by atoms with Crippen LogP contribution in [0, 0.1) is 13.8 Å². The molecule has 31 heavy (non-hydrogen) atoms. The topological polar surface area (TPSA) is 72.7 Å². The van der Waals surface area contributed by atoms with Crippen molar-refractivity contribution in [2.24, 2.45) is 12.0 Å². The van der Waals surface area contributed by atoms with Crippen molar-refractivity contribution in [3.05, 3.63) is 40.7 Å². The molecule has 7 heteroatoms. The minimum absolute atomic E-state index is 0.0511. The van der Waals surface area contributed by atoms with Gasteiger partial charge in [0.15, 0.2) is 17.5 Å². The Bertz CT molecular complexity index is 913. The zero-order valence-electron chi connectivity index (χ0n) is 19.8. The molecular weight excluding hydrogens is 390 g/mol. The molecule has 1 fully saturated rings. The lowest BCUT2D eigenvalue weighted by Crippen LogP contribution is -2.46. The van der Waals surface area contributed by atoms with Crippen LogP contribution in [0.3, 0.4) is 0 Å². The molecule has 0 unspecified atom stereocenters. The van der Waals surface area contributed by atoms with E-state index in [0.29, 0.717) is 6.54 Å². The summed E-state index contributed by atoms with van der Waals surface area (Å²) in [7, 11) is 7.18. The van der Waals surface area contributed by atoms with E-state index in [4.69, 9.17) is 9.47 Å². The maximum absolute atomic E-state index is 5.58. The van der Waals surface area contributed by atoms with Crippen molar-refractivity contribution in [3.63, 3.8) is 0 Å². The number of hydrogen-bond acceptors (Lipinski definition) is 4. The molecule has 0 bridgehead atoms.